The van der Waals surface area contributed by atoms with E-state index in [0.29, 0.717) is 43.9 Å². The molecule has 2 aromatic carbocycles. The van der Waals surface area contributed by atoms with Gasteiger partial charge >= 0.3 is 0 Å². The highest BCUT2D eigenvalue weighted by molar-refractivity contribution is 7.89. The van der Waals surface area contributed by atoms with Crippen LogP contribution < -0.4 is 9.47 Å². The molecule has 180 valence electrons. The molecule has 33 heavy (non-hydrogen) atoms. The smallest absolute Gasteiger partial charge is 0.227 e. The number of sulfonamides is 1. The number of piperidine rings is 1. The molecule has 1 fully saturated rings. The number of nitrogens with zero attached hydrogens (tertiary/aromatic N) is 2. The lowest BCUT2D eigenvalue weighted by atomic mass is 9.98. The van der Waals surface area contributed by atoms with Gasteiger partial charge in [-0.1, -0.05) is 36.4 Å². The zero-order chi connectivity index (χ0) is 23.8. The summed E-state index contributed by atoms with van der Waals surface area (Å²) in [6.45, 7) is 1.15. The molecule has 1 saturated heterocycles. The molecule has 8 heteroatoms. The highest BCUT2D eigenvalue weighted by atomic mass is 32.2. The number of benzene rings is 2. The summed E-state index contributed by atoms with van der Waals surface area (Å²) in [6, 6.07) is 15.5. The number of aryl methyl sites for hydroxylation is 1. The Morgan fingerprint density at radius 1 is 1.06 bits per heavy atom. The van der Waals surface area contributed by atoms with Gasteiger partial charge in [-0.15, -0.1) is 0 Å². The van der Waals surface area contributed by atoms with Crippen LogP contribution in [0.1, 0.15) is 30.4 Å². The molecule has 7 nitrogen and oxygen atoms in total. The van der Waals surface area contributed by atoms with Crippen LogP contribution in [0.15, 0.2) is 48.5 Å². The molecule has 0 bridgehead atoms. The summed E-state index contributed by atoms with van der Waals surface area (Å²) in [4.78, 5) is 14.8. The van der Waals surface area contributed by atoms with Gasteiger partial charge in [-0.3, -0.25) is 4.79 Å². The zero-order valence-corrected chi connectivity index (χ0v) is 20.5. The lowest BCUT2D eigenvalue weighted by molar-refractivity contribution is -0.135. The Morgan fingerprint density at radius 3 is 2.48 bits per heavy atom. The van der Waals surface area contributed by atoms with Gasteiger partial charge in [0.15, 0.2) is 11.5 Å². The molecular weight excluding hydrogens is 440 g/mol. The average Bonchev–Trinajstić information content (AvgIpc) is 2.84. The van der Waals surface area contributed by atoms with Crippen LogP contribution in [0.2, 0.25) is 0 Å². The van der Waals surface area contributed by atoms with Crippen molar-refractivity contribution >= 4 is 15.9 Å². The second kappa shape index (κ2) is 11.5. The van der Waals surface area contributed by atoms with E-state index in [1.165, 1.54) is 4.31 Å². The molecule has 0 unspecified atom stereocenters. The Bertz CT molecular complexity index is 1030. The van der Waals surface area contributed by atoms with Crippen molar-refractivity contribution in [2.24, 2.45) is 5.92 Å². The van der Waals surface area contributed by atoms with Crippen molar-refractivity contribution in [3.05, 3.63) is 59.7 Å². The van der Waals surface area contributed by atoms with Gasteiger partial charge in [0, 0.05) is 26.7 Å². The zero-order valence-electron chi connectivity index (χ0n) is 19.7. The van der Waals surface area contributed by atoms with Crippen LogP contribution in [0.25, 0.3) is 0 Å². The van der Waals surface area contributed by atoms with Crippen LogP contribution in [-0.2, 0) is 27.8 Å². The first kappa shape index (κ1) is 25.1. The van der Waals surface area contributed by atoms with Gasteiger partial charge in [-0.2, -0.15) is 0 Å². The third-order valence-electron chi connectivity index (χ3n) is 6.08. The number of hydrogen-bond acceptors (Lipinski definition) is 5. The van der Waals surface area contributed by atoms with E-state index in [4.69, 9.17) is 9.47 Å². The average molecular weight is 475 g/mol. The van der Waals surface area contributed by atoms with E-state index in [1.807, 2.05) is 48.5 Å². The second-order valence-corrected chi connectivity index (χ2v) is 10.6. The van der Waals surface area contributed by atoms with Crippen LogP contribution in [0.3, 0.4) is 0 Å². The van der Waals surface area contributed by atoms with Gasteiger partial charge < -0.3 is 14.4 Å². The van der Waals surface area contributed by atoms with E-state index in [9.17, 15) is 13.2 Å². The Morgan fingerprint density at radius 2 is 1.79 bits per heavy atom. The molecule has 1 heterocycles. The maximum atomic E-state index is 13.1. The van der Waals surface area contributed by atoms with Gasteiger partial charge in [0.25, 0.3) is 0 Å². The molecule has 1 aliphatic heterocycles. The first-order chi connectivity index (χ1) is 15.8. The fourth-order valence-corrected chi connectivity index (χ4v) is 5.85. The summed E-state index contributed by atoms with van der Waals surface area (Å²) >= 11 is 0. The third kappa shape index (κ3) is 6.71. The van der Waals surface area contributed by atoms with Gasteiger partial charge in [0.1, 0.15) is 0 Å². The summed E-state index contributed by atoms with van der Waals surface area (Å²) in [5.74, 6) is 0.989. The second-order valence-electron chi connectivity index (χ2n) is 8.49. The van der Waals surface area contributed by atoms with Crippen LogP contribution in [-0.4, -0.2) is 63.6 Å². The predicted octanol–water partition coefficient (Wildman–Crippen LogP) is 3.34. The Kier molecular flexibility index (Phi) is 8.74. The SMILES string of the molecule is COc1ccc(CN(C)C(=O)[C@@H]2CCCN(S(=O)(=O)CCCc3ccccc3)C2)cc1OC. The molecular formula is C25H34N2O5S. The molecule has 0 radical (unpaired) electrons. The van der Waals surface area contributed by atoms with E-state index in [0.717, 1.165) is 17.5 Å². The van der Waals surface area contributed by atoms with E-state index in [2.05, 4.69) is 0 Å². The highest BCUT2D eigenvalue weighted by Crippen LogP contribution is 2.28. The number of carbonyl (C=O) groups is 1. The van der Waals surface area contributed by atoms with E-state index in [1.54, 1.807) is 26.2 Å². The van der Waals surface area contributed by atoms with E-state index < -0.39 is 10.0 Å². The van der Waals surface area contributed by atoms with Crippen molar-refractivity contribution in [2.45, 2.75) is 32.2 Å². The van der Waals surface area contributed by atoms with Crippen molar-refractivity contribution in [3.8, 4) is 11.5 Å². The fourth-order valence-electron chi connectivity index (χ4n) is 4.27. The minimum Gasteiger partial charge on any atom is -0.493 e. The Balaban J connectivity index is 1.56. The first-order valence-corrected chi connectivity index (χ1v) is 12.9. The summed E-state index contributed by atoms with van der Waals surface area (Å²) in [5, 5.41) is 0. The number of rotatable bonds is 10. The molecule has 1 atom stereocenters. The molecule has 0 spiro atoms. The lowest BCUT2D eigenvalue weighted by Crippen LogP contribution is -2.46. The van der Waals surface area contributed by atoms with Gasteiger partial charge in [0.2, 0.25) is 15.9 Å². The first-order valence-electron chi connectivity index (χ1n) is 11.3. The minimum absolute atomic E-state index is 0.0334. The van der Waals surface area contributed by atoms with Gasteiger partial charge in [0.05, 0.1) is 25.9 Å². The quantitative estimate of drug-likeness (QED) is 0.528. The van der Waals surface area contributed by atoms with Crippen LogP contribution in [0, 0.1) is 5.92 Å². The van der Waals surface area contributed by atoms with Crippen molar-refractivity contribution in [1.29, 1.82) is 0 Å². The van der Waals surface area contributed by atoms with Gasteiger partial charge in [-0.05, 0) is 48.9 Å². The van der Waals surface area contributed by atoms with Crippen LogP contribution >= 0.6 is 0 Å². The summed E-state index contributed by atoms with van der Waals surface area (Å²) < 4.78 is 37.9. The maximum absolute atomic E-state index is 13.1. The normalized spacial score (nSPS) is 16.9. The monoisotopic (exact) mass is 474 g/mol. The van der Waals surface area contributed by atoms with Crippen LogP contribution in [0.5, 0.6) is 11.5 Å². The minimum atomic E-state index is -3.39. The molecule has 0 N–H and O–H groups in total. The molecule has 0 aliphatic carbocycles. The van der Waals surface area contributed by atoms with Gasteiger partial charge in [-0.25, -0.2) is 12.7 Å². The number of ether oxygens (including phenoxy) is 2. The van der Waals surface area contributed by atoms with E-state index >= 15 is 0 Å². The molecule has 0 aromatic heterocycles. The number of carbonyl (C=O) groups excluding carboxylic acids is 1. The molecule has 2 aromatic rings. The van der Waals surface area contributed by atoms with Crippen molar-refractivity contribution < 1.29 is 22.7 Å². The topological polar surface area (TPSA) is 76.2 Å². The number of amides is 1. The maximum Gasteiger partial charge on any atom is 0.227 e. The highest BCUT2D eigenvalue weighted by Gasteiger charge is 2.33. The third-order valence-corrected chi connectivity index (χ3v) is 8.00. The Labute approximate surface area is 197 Å². The molecule has 0 saturated carbocycles. The fraction of sp³-hybridized carbons (Fsp3) is 0.480. The summed E-state index contributed by atoms with van der Waals surface area (Å²) in [5.41, 5.74) is 2.06. The molecule has 1 amide bonds. The summed E-state index contributed by atoms with van der Waals surface area (Å²) in [6.07, 6.45) is 2.69. The Hall–Kier alpha value is -2.58. The van der Waals surface area contributed by atoms with Crippen LogP contribution in [0.4, 0.5) is 0 Å². The van der Waals surface area contributed by atoms with Crippen molar-refractivity contribution in [1.82, 2.24) is 9.21 Å². The van der Waals surface area contributed by atoms with Crippen molar-refractivity contribution in [2.75, 3.05) is 40.1 Å². The predicted molar refractivity (Wildman–Crippen MR) is 129 cm³/mol. The number of methoxy groups -OCH3 is 2. The molecule has 3 rings (SSSR count). The molecule has 1 aliphatic rings. The van der Waals surface area contributed by atoms with E-state index in [-0.39, 0.29) is 24.1 Å². The summed E-state index contributed by atoms with van der Waals surface area (Å²) in [7, 11) is 1.53. The lowest BCUT2D eigenvalue weighted by Gasteiger charge is -2.33. The standard InChI is InChI=1S/C25H34N2O5S/c1-26(18-21-13-14-23(31-2)24(17-21)32-3)25(28)22-12-7-15-27(19-22)33(29,30)16-8-11-20-9-5-4-6-10-20/h4-6,9-10,13-14,17,22H,7-8,11-12,15-16,18-19H2,1-3H3/t22-/m1/s1. The number of hydrogen-bond donors (Lipinski definition) is 0. The largest absolute Gasteiger partial charge is 0.493 e. The van der Waals surface area contributed by atoms with Crippen molar-refractivity contribution in [3.63, 3.8) is 0 Å².